The zero-order valence-electron chi connectivity index (χ0n) is 11.4. The number of nitrogens with one attached hydrogen (secondary N) is 1. The summed E-state index contributed by atoms with van der Waals surface area (Å²) in [5.41, 5.74) is 1.22. The van der Waals surface area contributed by atoms with Gasteiger partial charge < -0.3 is 9.73 Å². The molecule has 2 aromatic heterocycles. The number of aryl methyl sites for hydroxylation is 3. The highest BCUT2D eigenvalue weighted by Gasteiger charge is 2.12. The predicted molar refractivity (Wildman–Crippen MR) is 69.3 cm³/mol. The van der Waals surface area contributed by atoms with Gasteiger partial charge in [-0.3, -0.25) is 4.68 Å². The minimum atomic E-state index is 0.283. The molecule has 2 aromatic rings. The Balaban J connectivity index is 1.85. The van der Waals surface area contributed by atoms with E-state index in [9.17, 15) is 0 Å². The number of hydrogen-bond donors (Lipinski definition) is 1. The zero-order chi connectivity index (χ0) is 13.1. The Morgan fingerprint density at radius 1 is 1.44 bits per heavy atom. The second-order valence-corrected chi connectivity index (χ2v) is 4.63. The largest absolute Gasteiger partial charge is 0.466 e. The Morgan fingerprint density at radius 3 is 2.78 bits per heavy atom. The molecule has 0 saturated heterocycles. The van der Waals surface area contributed by atoms with Gasteiger partial charge in [-0.05, 0) is 26.8 Å². The van der Waals surface area contributed by atoms with E-state index in [1.54, 1.807) is 11.0 Å². The third kappa shape index (κ3) is 2.98. The molecule has 0 fully saturated rings. The fourth-order valence-electron chi connectivity index (χ4n) is 2.09. The molecular formula is C13H20N4O. The first-order chi connectivity index (χ1) is 8.56. The van der Waals surface area contributed by atoms with E-state index in [4.69, 9.17) is 4.42 Å². The fourth-order valence-corrected chi connectivity index (χ4v) is 2.09. The van der Waals surface area contributed by atoms with E-state index in [0.29, 0.717) is 0 Å². The van der Waals surface area contributed by atoms with Crippen molar-refractivity contribution in [2.24, 2.45) is 7.05 Å². The Labute approximate surface area is 107 Å². The van der Waals surface area contributed by atoms with Crippen LogP contribution in [0.25, 0.3) is 0 Å². The maximum absolute atomic E-state index is 5.54. The van der Waals surface area contributed by atoms with Gasteiger partial charge in [0.25, 0.3) is 0 Å². The molecule has 1 atom stereocenters. The van der Waals surface area contributed by atoms with Crippen LogP contribution in [0.4, 0.5) is 0 Å². The van der Waals surface area contributed by atoms with Gasteiger partial charge in [-0.25, -0.2) is 4.98 Å². The summed E-state index contributed by atoms with van der Waals surface area (Å²) in [6.45, 7) is 6.97. The summed E-state index contributed by atoms with van der Waals surface area (Å²) in [6.07, 6.45) is 2.56. The maximum Gasteiger partial charge on any atom is 0.151 e. The standard InChI is InChI=1S/C13H20N4O/c1-9-7-12(11(3)18-9)10(2)14-6-5-13-15-8-17(4)16-13/h7-8,10,14H,5-6H2,1-4H3. The lowest BCUT2D eigenvalue weighted by atomic mass is 10.1. The molecular weight excluding hydrogens is 228 g/mol. The molecule has 0 spiro atoms. The quantitative estimate of drug-likeness (QED) is 0.878. The van der Waals surface area contributed by atoms with Crippen molar-refractivity contribution >= 4 is 0 Å². The number of aromatic nitrogens is 3. The first kappa shape index (κ1) is 12.8. The molecule has 0 saturated carbocycles. The molecule has 18 heavy (non-hydrogen) atoms. The topological polar surface area (TPSA) is 55.9 Å². The first-order valence-electron chi connectivity index (χ1n) is 6.21. The minimum Gasteiger partial charge on any atom is -0.466 e. The Kier molecular flexibility index (Phi) is 3.81. The van der Waals surface area contributed by atoms with Crippen molar-refractivity contribution < 1.29 is 4.42 Å². The van der Waals surface area contributed by atoms with Crippen LogP contribution in [0.2, 0.25) is 0 Å². The average Bonchev–Trinajstić information content (AvgIpc) is 2.85. The second kappa shape index (κ2) is 5.35. The van der Waals surface area contributed by atoms with Crippen molar-refractivity contribution in [1.29, 1.82) is 0 Å². The molecule has 1 N–H and O–H groups in total. The molecule has 5 heteroatoms. The molecule has 0 aromatic carbocycles. The van der Waals surface area contributed by atoms with Crippen molar-refractivity contribution in [3.8, 4) is 0 Å². The molecule has 0 radical (unpaired) electrons. The summed E-state index contributed by atoms with van der Waals surface area (Å²) < 4.78 is 7.26. The Morgan fingerprint density at radius 2 is 2.22 bits per heavy atom. The number of rotatable bonds is 5. The summed E-state index contributed by atoms with van der Waals surface area (Å²) in [4.78, 5) is 4.20. The highest BCUT2D eigenvalue weighted by molar-refractivity contribution is 5.23. The highest BCUT2D eigenvalue weighted by atomic mass is 16.3. The number of furan rings is 1. The van der Waals surface area contributed by atoms with Crippen LogP contribution in [0, 0.1) is 13.8 Å². The van der Waals surface area contributed by atoms with Crippen LogP contribution in [-0.4, -0.2) is 21.3 Å². The maximum atomic E-state index is 5.54. The van der Waals surface area contributed by atoms with E-state index in [-0.39, 0.29) is 6.04 Å². The van der Waals surface area contributed by atoms with Gasteiger partial charge in [-0.2, -0.15) is 5.10 Å². The van der Waals surface area contributed by atoms with Crippen LogP contribution >= 0.6 is 0 Å². The highest BCUT2D eigenvalue weighted by Crippen LogP contribution is 2.20. The van der Waals surface area contributed by atoms with Crippen molar-refractivity contribution in [1.82, 2.24) is 20.1 Å². The van der Waals surface area contributed by atoms with Crippen LogP contribution in [0.5, 0.6) is 0 Å². The number of nitrogens with zero attached hydrogens (tertiary/aromatic N) is 3. The summed E-state index contributed by atoms with van der Waals surface area (Å²) in [5, 5.41) is 7.71. The lowest BCUT2D eigenvalue weighted by Crippen LogP contribution is -2.22. The molecule has 0 aliphatic rings. The molecule has 2 heterocycles. The second-order valence-electron chi connectivity index (χ2n) is 4.63. The van der Waals surface area contributed by atoms with Gasteiger partial charge in [0, 0.05) is 31.6 Å². The molecule has 0 aliphatic heterocycles. The smallest absolute Gasteiger partial charge is 0.151 e. The lowest BCUT2D eigenvalue weighted by Gasteiger charge is -2.12. The van der Waals surface area contributed by atoms with Crippen molar-refractivity contribution in [3.63, 3.8) is 0 Å². The zero-order valence-corrected chi connectivity index (χ0v) is 11.4. The molecule has 0 amide bonds. The summed E-state index contributed by atoms with van der Waals surface area (Å²) in [6, 6.07) is 2.37. The van der Waals surface area contributed by atoms with E-state index < -0.39 is 0 Å². The first-order valence-corrected chi connectivity index (χ1v) is 6.21. The molecule has 5 nitrogen and oxygen atoms in total. The average molecular weight is 248 g/mol. The van der Waals surface area contributed by atoms with E-state index in [1.807, 2.05) is 20.9 Å². The Bertz CT molecular complexity index is 515. The summed E-state index contributed by atoms with van der Waals surface area (Å²) in [7, 11) is 1.88. The lowest BCUT2D eigenvalue weighted by molar-refractivity contribution is 0.490. The van der Waals surface area contributed by atoms with Crippen LogP contribution in [0.3, 0.4) is 0 Å². The summed E-state index contributed by atoms with van der Waals surface area (Å²) in [5.74, 6) is 2.82. The fraction of sp³-hybridized carbons (Fsp3) is 0.538. The van der Waals surface area contributed by atoms with Crippen molar-refractivity contribution in [3.05, 3.63) is 35.3 Å². The molecule has 1 unspecified atom stereocenters. The monoisotopic (exact) mass is 248 g/mol. The number of hydrogen-bond acceptors (Lipinski definition) is 4. The Hall–Kier alpha value is -1.62. The van der Waals surface area contributed by atoms with Crippen LogP contribution in [0.15, 0.2) is 16.8 Å². The van der Waals surface area contributed by atoms with E-state index in [0.717, 1.165) is 30.3 Å². The molecule has 0 aliphatic carbocycles. The molecule has 0 bridgehead atoms. The van der Waals surface area contributed by atoms with Crippen LogP contribution in [-0.2, 0) is 13.5 Å². The third-order valence-corrected chi connectivity index (χ3v) is 2.99. The van der Waals surface area contributed by atoms with E-state index >= 15 is 0 Å². The van der Waals surface area contributed by atoms with Crippen molar-refractivity contribution in [2.75, 3.05) is 6.54 Å². The van der Waals surface area contributed by atoms with E-state index in [1.165, 1.54) is 5.56 Å². The van der Waals surface area contributed by atoms with Crippen molar-refractivity contribution in [2.45, 2.75) is 33.2 Å². The van der Waals surface area contributed by atoms with Crippen LogP contribution in [0.1, 0.15) is 35.9 Å². The van der Waals surface area contributed by atoms with Gasteiger partial charge in [-0.15, -0.1) is 0 Å². The van der Waals surface area contributed by atoms with Gasteiger partial charge in [0.2, 0.25) is 0 Å². The van der Waals surface area contributed by atoms with Gasteiger partial charge in [0.1, 0.15) is 17.8 Å². The minimum absolute atomic E-state index is 0.283. The van der Waals surface area contributed by atoms with Gasteiger partial charge in [0.15, 0.2) is 5.82 Å². The van der Waals surface area contributed by atoms with Crippen LogP contribution < -0.4 is 5.32 Å². The molecule has 98 valence electrons. The predicted octanol–water partition coefficient (Wildman–Crippen LogP) is 1.92. The SMILES string of the molecule is Cc1cc(C(C)NCCc2ncn(C)n2)c(C)o1. The molecule has 2 rings (SSSR count). The van der Waals surface area contributed by atoms with Gasteiger partial charge in [-0.1, -0.05) is 0 Å². The normalized spacial score (nSPS) is 12.9. The van der Waals surface area contributed by atoms with E-state index in [2.05, 4.69) is 28.4 Å². The van der Waals surface area contributed by atoms with Gasteiger partial charge in [0.05, 0.1) is 0 Å². The summed E-state index contributed by atoms with van der Waals surface area (Å²) >= 11 is 0. The third-order valence-electron chi connectivity index (χ3n) is 2.99. The van der Waals surface area contributed by atoms with Gasteiger partial charge >= 0.3 is 0 Å².